The van der Waals surface area contributed by atoms with Gasteiger partial charge in [0.05, 0.1) is 12.1 Å². The number of piperidine rings is 1. The second-order valence-electron chi connectivity index (χ2n) is 6.88. The largest absolute Gasteiger partial charge is 0.370 e. The van der Waals surface area contributed by atoms with Crippen LogP contribution in [0.4, 0.5) is 0 Å². The smallest absolute Gasteiger partial charge is 0.192 e. The number of hydrogen-bond donors (Lipinski definition) is 1. The van der Waals surface area contributed by atoms with Crippen LogP contribution >= 0.6 is 0 Å². The van der Waals surface area contributed by atoms with Crippen molar-refractivity contribution in [1.82, 2.24) is 9.80 Å². The van der Waals surface area contributed by atoms with Crippen molar-refractivity contribution in [3.05, 3.63) is 0 Å². The Kier molecular flexibility index (Phi) is 2.76. The van der Waals surface area contributed by atoms with Crippen molar-refractivity contribution in [3.8, 4) is 0 Å². The minimum absolute atomic E-state index is 0.263. The van der Waals surface area contributed by atoms with Crippen LogP contribution in [0.25, 0.3) is 0 Å². The van der Waals surface area contributed by atoms with E-state index in [4.69, 9.17) is 5.73 Å². The molecule has 1 aliphatic carbocycles. The van der Waals surface area contributed by atoms with Gasteiger partial charge in [-0.05, 0) is 38.6 Å². The molecule has 0 aromatic rings. The fraction of sp³-hybridized carbons (Fsp3) is 0.933. The Morgan fingerprint density at radius 3 is 2.68 bits per heavy atom. The van der Waals surface area contributed by atoms with Gasteiger partial charge in [0.1, 0.15) is 0 Å². The van der Waals surface area contributed by atoms with Crippen molar-refractivity contribution in [3.63, 3.8) is 0 Å². The predicted octanol–water partition coefficient (Wildman–Crippen LogP) is 1.56. The van der Waals surface area contributed by atoms with Gasteiger partial charge in [-0.15, -0.1) is 0 Å². The highest BCUT2D eigenvalue weighted by Gasteiger charge is 2.56. The van der Waals surface area contributed by atoms with Gasteiger partial charge in [0.25, 0.3) is 0 Å². The summed E-state index contributed by atoms with van der Waals surface area (Å²) in [4.78, 5) is 9.98. The maximum Gasteiger partial charge on any atom is 0.192 e. The number of nitrogens with zero attached hydrogens (tertiary/aromatic N) is 3. The molecular formula is C15H26N4. The summed E-state index contributed by atoms with van der Waals surface area (Å²) in [5.41, 5.74) is 6.56. The van der Waals surface area contributed by atoms with Crippen molar-refractivity contribution >= 4 is 5.96 Å². The molecule has 2 atom stereocenters. The van der Waals surface area contributed by atoms with Crippen LogP contribution in [0.1, 0.15) is 51.4 Å². The summed E-state index contributed by atoms with van der Waals surface area (Å²) in [6, 6.07) is 1.39. The Labute approximate surface area is 116 Å². The molecule has 4 nitrogen and oxygen atoms in total. The van der Waals surface area contributed by atoms with Gasteiger partial charge in [0, 0.05) is 18.6 Å². The average Bonchev–Trinajstić information content (AvgIpc) is 3.12. The van der Waals surface area contributed by atoms with Crippen LogP contribution in [0.3, 0.4) is 0 Å². The maximum atomic E-state index is 6.29. The second-order valence-corrected chi connectivity index (χ2v) is 6.88. The van der Waals surface area contributed by atoms with E-state index >= 15 is 0 Å². The Morgan fingerprint density at radius 2 is 1.84 bits per heavy atom. The fourth-order valence-electron chi connectivity index (χ4n) is 5.15. The van der Waals surface area contributed by atoms with Crippen LogP contribution in [-0.4, -0.2) is 53.0 Å². The Morgan fingerprint density at radius 1 is 1.05 bits per heavy atom. The first kappa shape index (κ1) is 12.0. The van der Waals surface area contributed by atoms with Crippen LogP contribution in [0.15, 0.2) is 4.99 Å². The lowest BCUT2D eigenvalue weighted by atomic mass is 9.83. The first-order valence-corrected chi connectivity index (χ1v) is 8.15. The topological polar surface area (TPSA) is 44.9 Å². The zero-order chi connectivity index (χ0) is 12.9. The number of fused-ring (bicyclic) bond motifs is 2. The lowest BCUT2D eigenvalue weighted by Crippen LogP contribution is -2.62. The molecule has 0 amide bonds. The third-order valence-corrected chi connectivity index (χ3v) is 6.00. The number of nitrogens with two attached hydrogens (primary N) is 1. The normalized spacial score (nSPS) is 40.1. The number of hydrogen-bond acceptors (Lipinski definition) is 4. The van der Waals surface area contributed by atoms with Gasteiger partial charge in [0.2, 0.25) is 0 Å². The Balaban J connectivity index is 1.65. The molecule has 2 saturated heterocycles. The number of aliphatic imine (C=N–C) groups is 1. The van der Waals surface area contributed by atoms with Gasteiger partial charge < -0.3 is 10.6 Å². The summed E-state index contributed by atoms with van der Waals surface area (Å²) in [7, 11) is 0. The third-order valence-electron chi connectivity index (χ3n) is 6.00. The molecule has 0 radical (unpaired) electrons. The summed E-state index contributed by atoms with van der Waals surface area (Å²) >= 11 is 0. The van der Waals surface area contributed by atoms with E-state index in [0.717, 1.165) is 12.5 Å². The van der Waals surface area contributed by atoms with Crippen LogP contribution in [-0.2, 0) is 0 Å². The van der Waals surface area contributed by atoms with Gasteiger partial charge in [-0.2, -0.15) is 0 Å². The predicted molar refractivity (Wildman–Crippen MR) is 77.1 cm³/mol. The zero-order valence-corrected chi connectivity index (χ0v) is 11.9. The lowest BCUT2D eigenvalue weighted by Gasteiger charge is -2.46. The van der Waals surface area contributed by atoms with Crippen molar-refractivity contribution < 1.29 is 0 Å². The van der Waals surface area contributed by atoms with Crippen molar-refractivity contribution in [2.75, 3.05) is 19.6 Å². The Bertz CT molecular complexity index is 388. The van der Waals surface area contributed by atoms with Crippen LogP contribution in [0.5, 0.6) is 0 Å². The fourth-order valence-corrected chi connectivity index (χ4v) is 5.15. The molecule has 4 aliphatic rings. The van der Waals surface area contributed by atoms with Crippen molar-refractivity contribution in [1.29, 1.82) is 0 Å². The SMILES string of the molecule is NC1=NCC2(CCN3CCCCC32)N1C1CCCC1. The molecule has 4 rings (SSSR count). The third kappa shape index (κ3) is 1.65. The van der Waals surface area contributed by atoms with Gasteiger partial charge >= 0.3 is 0 Å². The Hall–Kier alpha value is -0.770. The molecule has 4 heteroatoms. The second kappa shape index (κ2) is 4.37. The van der Waals surface area contributed by atoms with Gasteiger partial charge in [-0.3, -0.25) is 9.89 Å². The van der Waals surface area contributed by atoms with Gasteiger partial charge in [-0.25, -0.2) is 0 Å². The molecule has 3 fully saturated rings. The molecule has 3 aliphatic heterocycles. The van der Waals surface area contributed by atoms with Gasteiger partial charge in [-0.1, -0.05) is 19.3 Å². The first-order valence-electron chi connectivity index (χ1n) is 8.15. The van der Waals surface area contributed by atoms with E-state index in [9.17, 15) is 0 Å². The average molecular weight is 262 g/mol. The number of guanidine groups is 1. The summed E-state index contributed by atoms with van der Waals surface area (Å²) in [6.45, 7) is 3.51. The van der Waals surface area contributed by atoms with Crippen molar-refractivity contribution in [2.45, 2.75) is 69.0 Å². The molecule has 2 unspecified atom stereocenters. The summed E-state index contributed by atoms with van der Waals surface area (Å²) < 4.78 is 0. The minimum atomic E-state index is 0.263. The van der Waals surface area contributed by atoms with E-state index in [1.165, 1.54) is 64.5 Å². The van der Waals surface area contributed by atoms with Crippen molar-refractivity contribution in [2.24, 2.45) is 10.7 Å². The quantitative estimate of drug-likeness (QED) is 0.780. The highest BCUT2D eigenvalue weighted by atomic mass is 15.4. The summed E-state index contributed by atoms with van der Waals surface area (Å²) in [5, 5.41) is 0. The number of rotatable bonds is 1. The lowest BCUT2D eigenvalue weighted by molar-refractivity contribution is 0.0729. The molecule has 0 bridgehead atoms. The molecule has 0 aromatic heterocycles. The first-order chi connectivity index (χ1) is 9.31. The van der Waals surface area contributed by atoms with Crippen LogP contribution < -0.4 is 5.73 Å². The van der Waals surface area contributed by atoms with E-state index in [1.54, 1.807) is 0 Å². The molecular weight excluding hydrogens is 236 g/mol. The van der Waals surface area contributed by atoms with E-state index in [1.807, 2.05) is 0 Å². The molecule has 19 heavy (non-hydrogen) atoms. The highest BCUT2D eigenvalue weighted by molar-refractivity contribution is 5.81. The summed E-state index contributed by atoms with van der Waals surface area (Å²) in [6.07, 6.45) is 10.8. The van der Waals surface area contributed by atoms with Gasteiger partial charge in [0.15, 0.2) is 5.96 Å². The van der Waals surface area contributed by atoms with Crippen LogP contribution in [0.2, 0.25) is 0 Å². The van der Waals surface area contributed by atoms with E-state index < -0.39 is 0 Å². The molecule has 106 valence electrons. The minimum Gasteiger partial charge on any atom is -0.370 e. The van der Waals surface area contributed by atoms with E-state index in [-0.39, 0.29) is 5.54 Å². The highest BCUT2D eigenvalue weighted by Crippen LogP contribution is 2.44. The molecule has 1 spiro atoms. The summed E-state index contributed by atoms with van der Waals surface area (Å²) in [5.74, 6) is 0.847. The van der Waals surface area contributed by atoms with Crippen LogP contribution in [0, 0.1) is 0 Å². The zero-order valence-electron chi connectivity index (χ0n) is 11.9. The molecule has 1 saturated carbocycles. The maximum absolute atomic E-state index is 6.29. The molecule has 3 heterocycles. The monoisotopic (exact) mass is 262 g/mol. The van der Waals surface area contributed by atoms with E-state index in [0.29, 0.717) is 12.1 Å². The molecule has 2 N–H and O–H groups in total. The van der Waals surface area contributed by atoms with E-state index in [2.05, 4.69) is 14.8 Å². The standard InChI is InChI=1S/C15H26N4/c16-14-17-11-15(19(14)12-5-1-2-6-12)8-10-18-9-4-3-7-13(15)18/h12-13H,1-11H2,(H2,16,17). The molecule has 0 aromatic carbocycles.